The van der Waals surface area contributed by atoms with Crippen molar-refractivity contribution in [1.82, 2.24) is 25.2 Å². The summed E-state index contributed by atoms with van der Waals surface area (Å²) in [5.41, 5.74) is 1.85. The molecule has 2 aromatic carbocycles. The second-order valence-electron chi connectivity index (χ2n) is 6.13. The predicted octanol–water partition coefficient (Wildman–Crippen LogP) is 2.44. The van der Waals surface area contributed by atoms with Crippen LogP contribution in [0.15, 0.2) is 60.8 Å². The summed E-state index contributed by atoms with van der Waals surface area (Å²) in [5, 5.41) is 10.8. The summed E-state index contributed by atoms with van der Waals surface area (Å²) in [6.45, 7) is 0.327. The molecule has 134 valence electrons. The van der Waals surface area contributed by atoms with Crippen LogP contribution in [0.2, 0.25) is 0 Å². The SMILES string of the molecule is CN(C)C(CNC(=O)c1cn(-c2ccccc2)nn1)c1cccc(F)c1. The minimum absolute atomic E-state index is 0.154. The maximum Gasteiger partial charge on any atom is 0.273 e. The van der Waals surface area contributed by atoms with Crippen LogP contribution in [0.5, 0.6) is 0 Å². The third kappa shape index (κ3) is 4.12. The van der Waals surface area contributed by atoms with E-state index in [1.165, 1.54) is 12.1 Å². The van der Waals surface area contributed by atoms with Gasteiger partial charge in [-0.1, -0.05) is 35.5 Å². The zero-order chi connectivity index (χ0) is 18.5. The summed E-state index contributed by atoms with van der Waals surface area (Å²) >= 11 is 0. The molecule has 0 saturated heterocycles. The van der Waals surface area contributed by atoms with Crippen LogP contribution in [0.4, 0.5) is 4.39 Å². The quantitative estimate of drug-likeness (QED) is 0.739. The van der Waals surface area contributed by atoms with Crippen molar-refractivity contribution in [3.8, 4) is 5.69 Å². The molecule has 1 aromatic heterocycles. The van der Waals surface area contributed by atoms with Crippen LogP contribution in [-0.2, 0) is 0 Å². The minimum atomic E-state index is -0.324. The predicted molar refractivity (Wildman–Crippen MR) is 96.5 cm³/mol. The van der Waals surface area contributed by atoms with Gasteiger partial charge in [0.1, 0.15) is 5.82 Å². The Hall–Kier alpha value is -3.06. The number of benzene rings is 2. The van der Waals surface area contributed by atoms with Crippen molar-refractivity contribution in [2.75, 3.05) is 20.6 Å². The number of nitrogens with zero attached hydrogens (tertiary/aromatic N) is 4. The first-order chi connectivity index (χ1) is 12.5. The highest BCUT2D eigenvalue weighted by molar-refractivity contribution is 5.91. The van der Waals surface area contributed by atoms with Gasteiger partial charge in [0.2, 0.25) is 0 Å². The Morgan fingerprint density at radius 3 is 2.65 bits per heavy atom. The van der Waals surface area contributed by atoms with Gasteiger partial charge in [-0.2, -0.15) is 0 Å². The molecule has 0 fully saturated rings. The van der Waals surface area contributed by atoms with Gasteiger partial charge in [-0.05, 0) is 43.9 Å². The van der Waals surface area contributed by atoms with E-state index < -0.39 is 0 Å². The number of rotatable bonds is 6. The van der Waals surface area contributed by atoms with E-state index in [1.54, 1.807) is 16.9 Å². The van der Waals surface area contributed by atoms with E-state index in [0.717, 1.165) is 11.3 Å². The largest absolute Gasteiger partial charge is 0.349 e. The van der Waals surface area contributed by atoms with Crippen molar-refractivity contribution in [3.05, 3.63) is 77.9 Å². The second kappa shape index (κ2) is 7.88. The first-order valence-electron chi connectivity index (χ1n) is 8.22. The zero-order valence-corrected chi connectivity index (χ0v) is 14.6. The molecule has 0 aliphatic carbocycles. The fraction of sp³-hybridized carbons (Fsp3) is 0.211. The molecule has 0 bridgehead atoms. The second-order valence-corrected chi connectivity index (χ2v) is 6.13. The molecular formula is C19H20FN5O. The van der Waals surface area contributed by atoms with Crippen LogP contribution in [0.25, 0.3) is 5.69 Å². The van der Waals surface area contributed by atoms with Gasteiger partial charge in [-0.15, -0.1) is 5.10 Å². The van der Waals surface area contributed by atoms with Gasteiger partial charge in [0.15, 0.2) is 5.69 Å². The topological polar surface area (TPSA) is 63.1 Å². The van der Waals surface area contributed by atoms with Crippen molar-refractivity contribution in [2.24, 2.45) is 0 Å². The van der Waals surface area contributed by atoms with Crippen LogP contribution in [0.3, 0.4) is 0 Å². The number of hydrogen-bond acceptors (Lipinski definition) is 4. The number of likely N-dealkylation sites (N-methyl/N-ethyl adjacent to an activating group) is 1. The van der Waals surface area contributed by atoms with Crippen LogP contribution >= 0.6 is 0 Å². The van der Waals surface area contributed by atoms with Crippen molar-refractivity contribution >= 4 is 5.91 Å². The molecule has 0 spiro atoms. The van der Waals surface area contributed by atoms with Crippen molar-refractivity contribution in [1.29, 1.82) is 0 Å². The summed E-state index contributed by atoms with van der Waals surface area (Å²) in [5.74, 6) is -0.623. The number of aromatic nitrogens is 3. The highest BCUT2D eigenvalue weighted by Crippen LogP contribution is 2.18. The average Bonchev–Trinajstić information content (AvgIpc) is 3.12. The Morgan fingerprint density at radius 2 is 1.96 bits per heavy atom. The lowest BCUT2D eigenvalue weighted by Crippen LogP contribution is -2.34. The molecule has 1 unspecified atom stereocenters. The molecule has 26 heavy (non-hydrogen) atoms. The molecule has 0 aliphatic rings. The Bertz CT molecular complexity index is 878. The molecule has 3 aromatic rings. The van der Waals surface area contributed by atoms with E-state index in [0.29, 0.717) is 6.54 Å². The molecule has 6 nitrogen and oxygen atoms in total. The van der Waals surface area contributed by atoms with Gasteiger partial charge in [-0.3, -0.25) is 4.79 Å². The Labute approximate surface area is 151 Å². The fourth-order valence-electron chi connectivity index (χ4n) is 2.67. The number of para-hydroxylation sites is 1. The summed E-state index contributed by atoms with van der Waals surface area (Å²) in [6.07, 6.45) is 1.58. The summed E-state index contributed by atoms with van der Waals surface area (Å²) in [6, 6.07) is 15.7. The number of carbonyl (C=O) groups excluding carboxylic acids is 1. The zero-order valence-electron chi connectivity index (χ0n) is 14.6. The van der Waals surface area contributed by atoms with Gasteiger partial charge >= 0.3 is 0 Å². The van der Waals surface area contributed by atoms with Crippen LogP contribution in [0, 0.1) is 5.82 Å². The Balaban J connectivity index is 1.68. The van der Waals surface area contributed by atoms with Gasteiger partial charge < -0.3 is 10.2 Å². The molecule has 0 radical (unpaired) electrons. The molecule has 1 atom stereocenters. The molecule has 3 rings (SSSR count). The smallest absolute Gasteiger partial charge is 0.273 e. The molecule has 1 amide bonds. The number of halogens is 1. The lowest BCUT2D eigenvalue weighted by Gasteiger charge is -2.25. The van der Waals surface area contributed by atoms with Crippen molar-refractivity contribution in [2.45, 2.75) is 6.04 Å². The molecule has 1 heterocycles. The molecule has 1 N–H and O–H groups in total. The Kier molecular flexibility index (Phi) is 5.38. The first kappa shape index (κ1) is 17.8. The number of hydrogen-bond donors (Lipinski definition) is 1. The van der Waals surface area contributed by atoms with E-state index in [2.05, 4.69) is 15.6 Å². The van der Waals surface area contributed by atoms with Gasteiger partial charge in [0.05, 0.1) is 17.9 Å². The highest BCUT2D eigenvalue weighted by atomic mass is 19.1. The maximum atomic E-state index is 13.5. The van der Waals surface area contributed by atoms with Crippen molar-refractivity contribution < 1.29 is 9.18 Å². The summed E-state index contributed by atoms with van der Waals surface area (Å²) in [7, 11) is 3.76. The molecule has 0 aliphatic heterocycles. The van der Waals surface area contributed by atoms with E-state index >= 15 is 0 Å². The molecule has 0 saturated carbocycles. The van der Waals surface area contributed by atoms with E-state index in [-0.39, 0.29) is 23.5 Å². The molecular weight excluding hydrogens is 333 g/mol. The van der Waals surface area contributed by atoms with Crippen LogP contribution < -0.4 is 5.32 Å². The maximum absolute atomic E-state index is 13.5. The monoisotopic (exact) mass is 353 g/mol. The van der Waals surface area contributed by atoms with Crippen molar-refractivity contribution in [3.63, 3.8) is 0 Å². The lowest BCUT2D eigenvalue weighted by molar-refractivity contribution is 0.0937. The Morgan fingerprint density at radius 1 is 1.19 bits per heavy atom. The normalized spacial score (nSPS) is 12.2. The number of carbonyl (C=O) groups is 1. The average molecular weight is 353 g/mol. The minimum Gasteiger partial charge on any atom is -0.349 e. The first-order valence-corrected chi connectivity index (χ1v) is 8.22. The number of nitrogens with one attached hydrogen (secondary N) is 1. The van der Waals surface area contributed by atoms with E-state index in [9.17, 15) is 9.18 Å². The van der Waals surface area contributed by atoms with Gasteiger partial charge in [-0.25, -0.2) is 9.07 Å². The third-order valence-electron chi connectivity index (χ3n) is 4.06. The van der Waals surface area contributed by atoms with Crippen LogP contribution in [-0.4, -0.2) is 46.4 Å². The molecule has 7 heteroatoms. The summed E-state index contributed by atoms with van der Waals surface area (Å²) < 4.78 is 15.0. The van der Waals surface area contributed by atoms with Crippen LogP contribution in [0.1, 0.15) is 22.1 Å². The lowest BCUT2D eigenvalue weighted by atomic mass is 10.1. The van der Waals surface area contributed by atoms with E-state index in [1.807, 2.05) is 55.4 Å². The van der Waals surface area contributed by atoms with E-state index in [4.69, 9.17) is 0 Å². The van der Waals surface area contributed by atoms with Gasteiger partial charge in [0, 0.05) is 6.54 Å². The fourth-order valence-corrected chi connectivity index (χ4v) is 2.67. The number of amides is 1. The standard InChI is InChI=1S/C19H20FN5O/c1-24(2)18(14-7-6-8-15(20)11-14)12-21-19(26)17-13-25(23-22-17)16-9-4-3-5-10-16/h3-11,13,18H,12H2,1-2H3,(H,21,26). The van der Waals surface area contributed by atoms with Gasteiger partial charge in [0.25, 0.3) is 5.91 Å². The summed E-state index contributed by atoms with van der Waals surface area (Å²) in [4.78, 5) is 14.3. The highest BCUT2D eigenvalue weighted by Gasteiger charge is 2.18. The third-order valence-corrected chi connectivity index (χ3v) is 4.06.